The van der Waals surface area contributed by atoms with Crippen molar-refractivity contribution in [2.45, 2.75) is 25.2 Å². The summed E-state index contributed by atoms with van der Waals surface area (Å²) in [6.45, 7) is 0. The van der Waals surface area contributed by atoms with E-state index in [2.05, 4.69) is 48.5 Å². The maximum atomic E-state index is 4.89. The van der Waals surface area contributed by atoms with Crippen molar-refractivity contribution in [2.75, 3.05) is 0 Å². The maximum absolute atomic E-state index is 4.89. The van der Waals surface area contributed by atoms with Gasteiger partial charge in [0.15, 0.2) is 0 Å². The number of hydrogen-bond acceptors (Lipinski definition) is 1. The van der Waals surface area contributed by atoms with Crippen molar-refractivity contribution in [2.24, 2.45) is 5.92 Å². The van der Waals surface area contributed by atoms with E-state index in [0.717, 1.165) is 23.0 Å². The van der Waals surface area contributed by atoms with E-state index in [0.29, 0.717) is 0 Å². The lowest BCUT2D eigenvalue weighted by Crippen LogP contribution is -2.30. The Morgan fingerprint density at radius 2 is 1.76 bits per heavy atom. The predicted octanol–water partition coefficient (Wildman–Crippen LogP) is 4.95. The number of aromatic nitrogens is 1. The first-order valence-electron chi connectivity index (χ1n) is 7.86. The van der Waals surface area contributed by atoms with E-state index in [1.807, 2.05) is 6.07 Å². The van der Waals surface area contributed by atoms with Crippen molar-refractivity contribution in [1.82, 2.24) is 4.98 Å². The van der Waals surface area contributed by atoms with Gasteiger partial charge in [0.1, 0.15) is 0 Å². The molecule has 3 aliphatic carbocycles. The van der Waals surface area contributed by atoms with Crippen LogP contribution in [0, 0.1) is 5.92 Å². The zero-order chi connectivity index (χ0) is 13.8. The Morgan fingerprint density at radius 1 is 0.905 bits per heavy atom. The number of benzene rings is 2. The summed E-state index contributed by atoms with van der Waals surface area (Å²) in [5.41, 5.74) is 6.56. The average Bonchev–Trinajstić information content (AvgIpc) is 2.51. The molecule has 0 spiro atoms. The predicted molar refractivity (Wildman–Crippen MR) is 86.3 cm³/mol. The van der Waals surface area contributed by atoms with Crippen LogP contribution in [0.1, 0.15) is 29.9 Å². The molecule has 1 fully saturated rings. The molecule has 1 heteroatoms. The number of pyridine rings is 1. The lowest BCUT2D eigenvalue weighted by molar-refractivity contribution is 0.238. The summed E-state index contributed by atoms with van der Waals surface area (Å²) in [4.78, 5) is 4.89. The summed E-state index contributed by atoms with van der Waals surface area (Å²) >= 11 is 0. The molecule has 21 heavy (non-hydrogen) atoms. The molecular weight excluding hydrogens is 254 g/mol. The van der Waals surface area contributed by atoms with Crippen molar-refractivity contribution in [3.63, 3.8) is 0 Å². The van der Waals surface area contributed by atoms with Gasteiger partial charge in [-0.2, -0.15) is 0 Å². The lowest BCUT2D eigenvalue weighted by atomic mass is 9.62. The molecule has 2 bridgehead atoms. The van der Waals surface area contributed by atoms with E-state index in [1.165, 1.54) is 30.2 Å². The third-order valence-corrected chi connectivity index (χ3v) is 5.20. The Hall–Kier alpha value is -2.15. The van der Waals surface area contributed by atoms with E-state index >= 15 is 0 Å². The molecule has 102 valence electrons. The summed E-state index contributed by atoms with van der Waals surface area (Å²) in [5, 5.41) is 1.29. The molecule has 1 aromatic heterocycles. The minimum Gasteiger partial charge on any atom is -0.248 e. The van der Waals surface area contributed by atoms with Crippen LogP contribution < -0.4 is 0 Å². The molecule has 6 rings (SSSR count). The fraction of sp³-hybridized carbons (Fsp3) is 0.250. The molecular formula is C20H17N. The molecule has 1 heterocycles. The van der Waals surface area contributed by atoms with Crippen LogP contribution in [-0.2, 0) is 6.42 Å². The van der Waals surface area contributed by atoms with Gasteiger partial charge in [0, 0.05) is 10.9 Å². The van der Waals surface area contributed by atoms with E-state index in [4.69, 9.17) is 4.98 Å². The minimum atomic E-state index is 0.831. The molecule has 3 aliphatic rings. The van der Waals surface area contributed by atoms with Gasteiger partial charge >= 0.3 is 0 Å². The first-order valence-corrected chi connectivity index (χ1v) is 7.86. The van der Waals surface area contributed by atoms with Crippen LogP contribution in [0.4, 0.5) is 0 Å². The van der Waals surface area contributed by atoms with Gasteiger partial charge < -0.3 is 0 Å². The van der Waals surface area contributed by atoms with E-state index in [-0.39, 0.29) is 0 Å². The van der Waals surface area contributed by atoms with Crippen LogP contribution in [0.25, 0.3) is 22.2 Å². The molecule has 2 aromatic carbocycles. The highest BCUT2D eigenvalue weighted by molar-refractivity contribution is 5.83. The Morgan fingerprint density at radius 3 is 2.62 bits per heavy atom. The zero-order valence-electron chi connectivity index (χ0n) is 11.9. The van der Waals surface area contributed by atoms with Crippen LogP contribution in [-0.4, -0.2) is 4.98 Å². The van der Waals surface area contributed by atoms with Crippen LogP contribution in [0.2, 0.25) is 0 Å². The highest BCUT2D eigenvalue weighted by Crippen LogP contribution is 2.50. The summed E-state index contributed by atoms with van der Waals surface area (Å²) in [6.07, 6.45) is 4.08. The number of nitrogens with zero attached hydrogens (tertiary/aromatic N) is 1. The summed E-state index contributed by atoms with van der Waals surface area (Å²) < 4.78 is 0. The molecule has 3 aromatic rings. The second-order valence-corrected chi connectivity index (χ2v) is 6.54. The second-order valence-electron chi connectivity index (χ2n) is 6.54. The summed E-state index contributed by atoms with van der Waals surface area (Å²) in [7, 11) is 0. The number of fused-ring (bicyclic) bond motifs is 1. The molecule has 1 nitrogen and oxygen atoms in total. The maximum Gasteiger partial charge on any atom is 0.0712 e. The van der Waals surface area contributed by atoms with Crippen molar-refractivity contribution in [3.05, 3.63) is 65.7 Å². The molecule has 0 saturated heterocycles. The number of hydrogen-bond donors (Lipinski definition) is 0. The van der Waals surface area contributed by atoms with Gasteiger partial charge in [-0.05, 0) is 60.4 Å². The normalized spacial score (nSPS) is 22.7. The molecule has 0 radical (unpaired) electrons. The van der Waals surface area contributed by atoms with Crippen molar-refractivity contribution >= 4 is 10.9 Å². The molecule has 0 N–H and O–H groups in total. The molecule has 0 atom stereocenters. The minimum absolute atomic E-state index is 0.831. The van der Waals surface area contributed by atoms with Crippen LogP contribution in [0.15, 0.2) is 54.6 Å². The Bertz CT molecular complexity index is 829. The van der Waals surface area contributed by atoms with Gasteiger partial charge in [0.2, 0.25) is 0 Å². The topological polar surface area (TPSA) is 12.9 Å². The van der Waals surface area contributed by atoms with Crippen molar-refractivity contribution in [1.29, 1.82) is 0 Å². The van der Waals surface area contributed by atoms with Gasteiger partial charge in [-0.1, -0.05) is 36.4 Å². The lowest BCUT2D eigenvalue weighted by Gasteiger charge is -2.42. The first kappa shape index (κ1) is 11.5. The van der Waals surface area contributed by atoms with E-state index in [9.17, 15) is 0 Å². The fourth-order valence-corrected chi connectivity index (χ4v) is 4.03. The highest BCUT2D eigenvalue weighted by atomic mass is 14.7. The van der Waals surface area contributed by atoms with Gasteiger partial charge in [-0.3, -0.25) is 0 Å². The first-order chi connectivity index (χ1) is 10.4. The SMILES string of the molecule is c1ccc(-c2ccc3cc4c(cc3n2)CC2CC4C2)cc1. The molecule has 1 saturated carbocycles. The summed E-state index contributed by atoms with van der Waals surface area (Å²) in [5.74, 6) is 1.77. The third kappa shape index (κ3) is 1.73. The monoisotopic (exact) mass is 271 g/mol. The number of rotatable bonds is 1. The smallest absolute Gasteiger partial charge is 0.0712 e. The van der Waals surface area contributed by atoms with Crippen LogP contribution in [0.3, 0.4) is 0 Å². The van der Waals surface area contributed by atoms with Crippen molar-refractivity contribution in [3.8, 4) is 11.3 Å². The van der Waals surface area contributed by atoms with Crippen molar-refractivity contribution < 1.29 is 0 Å². The van der Waals surface area contributed by atoms with Gasteiger partial charge in [-0.25, -0.2) is 4.98 Å². The fourth-order valence-electron chi connectivity index (χ4n) is 4.03. The standard InChI is InChI=1S/C20H17N/c1-2-4-14(5-3-1)19-7-6-15-11-18-16-8-13(9-16)10-17(18)12-20(15)21-19/h1-7,11-13,16H,8-10H2. The van der Waals surface area contributed by atoms with Gasteiger partial charge in [-0.15, -0.1) is 0 Å². The van der Waals surface area contributed by atoms with Gasteiger partial charge in [0.05, 0.1) is 11.2 Å². The van der Waals surface area contributed by atoms with E-state index < -0.39 is 0 Å². The zero-order valence-corrected chi connectivity index (χ0v) is 11.9. The Balaban J connectivity index is 1.68. The van der Waals surface area contributed by atoms with Crippen LogP contribution in [0.5, 0.6) is 0 Å². The Labute approximate surface area is 124 Å². The summed E-state index contributed by atoms with van der Waals surface area (Å²) in [6, 6.07) is 19.6. The third-order valence-electron chi connectivity index (χ3n) is 5.20. The average molecular weight is 271 g/mol. The van der Waals surface area contributed by atoms with Gasteiger partial charge in [0.25, 0.3) is 0 Å². The quantitative estimate of drug-likeness (QED) is 0.610. The van der Waals surface area contributed by atoms with E-state index in [1.54, 1.807) is 11.1 Å². The molecule has 0 aliphatic heterocycles. The Kier molecular flexibility index (Phi) is 2.29. The van der Waals surface area contributed by atoms with Crippen LogP contribution >= 0.6 is 0 Å². The largest absolute Gasteiger partial charge is 0.248 e. The molecule has 0 unspecified atom stereocenters. The second kappa shape index (κ2) is 4.17. The molecule has 0 amide bonds. The highest BCUT2D eigenvalue weighted by Gasteiger charge is 2.36.